The monoisotopic (exact) mass is 275 g/mol. The highest BCUT2D eigenvalue weighted by Crippen LogP contribution is 2.32. The largest absolute Gasteiger partial charge is 0.392 e. The summed E-state index contributed by atoms with van der Waals surface area (Å²) in [4.78, 5) is 0. The predicted molar refractivity (Wildman–Crippen MR) is 74.2 cm³/mol. The fraction of sp³-hybridized carbons (Fsp3) is 1.00. The molecule has 3 N–H and O–H groups in total. The van der Waals surface area contributed by atoms with E-state index >= 15 is 0 Å². The molecule has 0 bridgehead atoms. The molecule has 114 valence electrons. The summed E-state index contributed by atoms with van der Waals surface area (Å²) in [7, 11) is 0. The van der Waals surface area contributed by atoms with E-state index in [0.717, 1.165) is 32.3 Å². The molecule has 0 heterocycles. The average Bonchev–Trinajstić information content (AvgIpc) is 3.22. The van der Waals surface area contributed by atoms with Crippen LogP contribution in [-0.4, -0.2) is 61.9 Å². The van der Waals surface area contributed by atoms with Gasteiger partial charge in [0.25, 0.3) is 0 Å². The van der Waals surface area contributed by atoms with Crippen molar-refractivity contribution in [1.82, 2.24) is 5.32 Å². The fourth-order valence-electron chi connectivity index (χ4n) is 1.79. The Kier molecular flexibility index (Phi) is 9.38. The first-order valence-corrected chi connectivity index (χ1v) is 7.46. The van der Waals surface area contributed by atoms with Gasteiger partial charge >= 0.3 is 0 Å². The van der Waals surface area contributed by atoms with Crippen LogP contribution < -0.4 is 5.32 Å². The van der Waals surface area contributed by atoms with Crippen LogP contribution in [0.3, 0.4) is 0 Å². The third-order valence-electron chi connectivity index (χ3n) is 3.22. The minimum Gasteiger partial charge on any atom is -0.392 e. The van der Waals surface area contributed by atoms with Crippen LogP contribution in [0.2, 0.25) is 0 Å². The summed E-state index contributed by atoms with van der Waals surface area (Å²) < 4.78 is 10.7. The summed E-state index contributed by atoms with van der Waals surface area (Å²) in [5.74, 6) is 0.473. The normalized spacial score (nSPS) is 18.5. The van der Waals surface area contributed by atoms with Crippen molar-refractivity contribution in [1.29, 1.82) is 0 Å². The van der Waals surface area contributed by atoms with Crippen molar-refractivity contribution in [3.05, 3.63) is 0 Å². The molecule has 19 heavy (non-hydrogen) atoms. The molecule has 0 saturated heterocycles. The molecular weight excluding hydrogens is 246 g/mol. The first-order chi connectivity index (χ1) is 9.24. The standard InChI is InChI=1S/C14H29NO4/c1-2-3-6-18-7-8-19-11-13(16)9-15-10-14(17)12-4-5-12/h12-17H,2-11H2,1H3. The number of unbranched alkanes of at least 4 members (excludes halogenated alkanes) is 1. The van der Waals surface area contributed by atoms with Crippen molar-refractivity contribution >= 4 is 0 Å². The summed E-state index contributed by atoms with van der Waals surface area (Å²) in [6.07, 6.45) is 3.69. The lowest BCUT2D eigenvalue weighted by Gasteiger charge is -2.14. The molecule has 1 aliphatic carbocycles. The van der Waals surface area contributed by atoms with Gasteiger partial charge in [0.1, 0.15) is 0 Å². The topological polar surface area (TPSA) is 71.0 Å². The number of rotatable bonds is 13. The van der Waals surface area contributed by atoms with Crippen LogP contribution in [0.1, 0.15) is 32.6 Å². The van der Waals surface area contributed by atoms with Crippen LogP contribution in [0.15, 0.2) is 0 Å². The lowest BCUT2D eigenvalue weighted by atomic mass is 10.2. The van der Waals surface area contributed by atoms with E-state index in [1.165, 1.54) is 0 Å². The van der Waals surface area contributed by atoms with Gasteiger partial charge in [-0.1, -0.05) is 13.3 Å². The maximum absolute atomic E-state index is 9.65. The first-order valence-electron chi connectivity index (χ1n) is 7.46. The van der Waals surface area contributed by atoms with Crippen molar-refractivity contribution in [2.75, 3.05) is 39.5 Å². The van der Waals surface area contributed by atoms with E-state index in [1.807, 2.05) is 0 Å². The minimum atomic E-state index is -0.526. The van der Waals surface area contributed by atoms with Gasteiger partial charge in [-0.15, -0.1) is 0 Å². The van der Waals surface area contributed by atoms with Crippen molar-refractivity contribution in [2.24, 2.45) is 5.92 Å². The number of nitrogens with one attached hydrogen (secondary N) is 1. The lowest BCUT2D eigenvalue weighted by Crippen LogP contribution is -2.36. The molecule has 0 radical (unpaired) electrons. The van der Waals surface area contributed by atoms with Gasteiger partial charge in [-0.3, -0.25) is 0 Å². The van der Waals surface area contributed by atoms with E-state index in [2.05, 4.69) is 12.2 Å². The Bertz CT molecular complexity index is 212. The maximum Gasteiger partial charge on any atom is 0.0897 e. The van der Waals surface area contributed by atoms with Crippen LogP contribution in [0.5, 0.6) is 0 Å². The highest BCUT2D eigenvalue weighted by molar-refractivity contribution is 4.82. The highest BCUT2D eigenvalue weighted by atomic mass is 16.5. The predicted octanol–water partition coefficient (Wildman–Crippen LogP) is 0.541. The quantitative estimate of drug-likeness (QED) is 0.428. The van der Waals surface area contributed by atoms with Crippen LogP contribution in [0.4, 0.5) is 0 Å². The van der Waals surface area contributed by atoms with Crippen LogP contribution in [-0.2, 0) is 9.47 Å². The molecule has 1 aliphatic rings. The number of aliphatic hydroxyl groups is 2. The lowest BCUT2D eigenvalue weighted by molar-refractivity contribution is 0.00303. The molecule has 1 fully saturated rings. The Morgan fingerprint density at radius 1 is 1.11 bits per heavy atom. The van der Waals surface area contributed by atoms with E-state index in [9.17, 15) is 10.2 Å². The molecule has 2 unspecified atom stereocenters. The fourth-order valence-corrected chi connectivity index (χ4v) is 1.79. The molecule has 0 amide bonds. The Balaban J connectivity index is 1.80. The molecule has 0 spiro atoms. The molecule has 5 heteroatoms. The molecule has 2 atom stereocenters. The average molecular weight is 275 g/mol. The van der Waals surface area contributed by atoms with Gasteiger partial charge in [-0.25, -0.2) is 0 Å². The zero-order valence-electron chi connectivity index (χ0n) is 12.0. The smallest absolute Gasteiger partial charge is 0.0897 e. The van der Waals surface area contributed by atoms with Crippen molar-refractivity contribution in [2.45, 2.75) is 44.8 Å². The number of hydrogen-bond acceptors (Lipinski definition) is 5. The molecular formula is C14H29NO4. The molecule has 1 rings (SSSR count). The molecule has 0 aromatic carbocycles. The molecule has 0 aliphatic heterocycles. The van der Waals surface area contributed by atoms with Gasteiger partial charge in [-0.05, 0) is 25.2 Å². The number of hydrogen-bond donors (Lipinski definition) is 3. The summed E-state index contributed by atoms with van der Waals surface area (Å²) in [6, 6.07) is 0. The number of aliphatic hydroxyl groups excluding tert-OH is 2. The molecule has 1 saturated carbocycles. The summed E-state index contributed by atoms with van der Waals surface area (Å²) in [5, 5.41) is 22.3. The zero-order valence-corrected chi connectivity index (χ0v) is 12.0. The van der Waals surface area contributed by atoms with E-state index in [1.54, 1.807) is 0 Å². The summed E-state index contributed by atoms with van der Waals surface area (Å²) in [6.45, 7) is 5.34. The van der Waals surface area contributed by atoms with Gasteiger partial charge in [0.2, 0.25) is 0 Å². The van der Waals surface area contributed by atoms with Crippen molar-refractivity contribution in [3.63, 3.8) is 0 Å². The Morgan fingerprint density at radius 2 is 1.84 bits per heavy atom. The Labute approximate surface area is 116 Å². The zero-order chi connectivity index (χ0) is 13.9. The maximum atomic E-state index is 9.65. The SMILES string of the molecule is CCCCOCCOCC(O)CNCC(O)C1CC1. The Hall–Kier alpha value is -0.200. The van der Waals surface area contributed by atoms with Crippen LogP contribution >= 0.6 is 0 Å². The Morgan fingerprint density at radius 3 is 2.53 bits per heavy atom. The van der Waals surface area contributed by atoms with Crippen molar-refractivity contribution < 1.29 is 19.7 Å². The van der Waals surface area contributed by atoms with Gasteiger partial charge in [-0.2, -0.15) is 0 Å². The van der Waals surface area contributed by atoms with Gasteiger partial charge in [0.15, 0.2) is 0 Å². The molecule has 5 nitrogen and oxygen atoms in total. The van der Waals surface area contributed by atoms with E-state index in [-0.39, 0.29) is 6.10 Å². The number of ether oxygens (including phenoxy) is 2. The second-order valence-corrected chi connectivity index (χ2v) is 5.26. The van der Waals surface area contributed by atoms with Gasteiger partial charge in [0, 0.05) is 19.7 Å². The molecule has 0 aromatic heterocycles. The van der Waals surface area contributed by atoms with Gasteiger partial charge < -0.3 is 25.0 Å². The van der Waals surface area contributed by atoms with Crippen molar-refractivity contribution in [3.8, 4) is 0 Å². The van der Waals surface area contributed by atoms with Gasteiger partial charge in [0.05, 0.1) is 32.0 Å². The second-order valence-electron chi connectivity index (χ2n) is 5.26. The van der Waals surface area contributed by atoms with E-state index in [0.29, 0.717) is 38.8 Å². The third-order valence-corrected chi connectivity index (χ3v) is 3.22. The summed E-state index contributed by atoms with van der Waals surface area (Å²) >= 11 is 0. The van der Waals surface area contributed by atoms with E-state index in [4.69, 9.17) is 9.47 Å². The van der Waals surface area contributed by atoms with Crippen LogP contribution in [0.25, 0.3) is 0 Å². The van der Waals surface area contributed by atoms with Crippen LogP contribution in [0, 0.1) is 5.92 Å². The highest BCUT2D eigenvalue weighted by Gasteiger charge is 2.29. The third kappa shape index (κ3) is 9.35. The minimum absolute atomic E-state index is 0.264. The second kappa shape index (κ2) is 10.6. The van der Waals surface area contributed by atoms with E-state index < -0.39 is 6.10 Å². The molecule has 0 aromatic rings. The first kappa shape index (κ1) is 16.9. The summed E-state index contributed by atoms with van der Waals surface area (Å²) in [5.41, 5.74) is 0.